The Bertz CT molecular complexity index is 648. The first-order valence-electron chi connectivity index (χ1n) is 8.11. The highest BCUT2D eigenvalue weighted by atomic mass is 32.1. The quantitative estimate of drug-likeness (QED) is 0.904. The summed E-state index contributed by atoms with van der Waals surface area (Å²) in [4.78, 5) is 24.9. The van der Waals surface area contributed by atoms with Crippen molar-refractivity contribution in [1.29, 1.82) is 0 Å². The van der Waals surface area contributed by atoms with Crippen LogP contribution >= 0.6 is 11.3 Å². The molecule has 0 bridgehead atoms. The summed E-state index contributed by atoms with van der Waals surface area (Å²) in [6.07, 6.45) is 4.81. The van der Waals surface area contributed by atoms with Crippen molar-refractivity contribution in [1.82, 2.24) is 25.1 Å². The Hall–Kier alpha value is -1.99. The van der Waals surface area contributed by atoms with Gasteiger partial charge in [-0.3, -0.25) is 9.88 Å². The zero-order chi connectivity index (χ0) is 16.9. The van der Waals surface area contributed by atoms with E-state index < -0.39 is 0 Å². The van der Waals surface area contributed by atoms with Crippen LogP contribution in [0, 0.1) is 5.92 Å². The Kier molecular flexibility index (Phi) is 5.42. The van der Waals surface area contributed by atoms with Crippen molar-refractivity contribution >= 4 is 17.4 Å². The van der Waals surface area contributed by atoms with Gasteiger partial charge in [0.25, 0.3) is 0 Å². The van der Waals surface area contributed by atoms with Gasteiger partial charge in [-0.2, -0.15) is 0 Å². The predicted molar refractivity (Wildman–Crippen MR) is 94.7 cm³/mol. The van der Waals surface area contributed by atoms with Crippen molar-refractivity contribution in [3.05, 3.63) is 46.7 Å². The molecule has 128 valence electrons. The molecule has 6 nitrogen and oxygen atoms in total. The molecule has 2 amide bonds. The molecule has 3 heterocycles. The zero-order valence-corrected chi connectivity index (χ0v) is 14.9. The molecule has 1 aliphatic rings. The lowest BCUT2D eigenvalue weighted by Crippen LogP contribution is -2.40. The molecular weight excluding hydrogens is 322 g/mol. The minimum Gasteiger partial charge on any atom is -0.332 e. The first-order valence-corrected chi connectivity index (χ1v) is 9.05. The number of likely N-dealkylation sites (tertiary alicyclic amines) is 1. The second-order valence-corrected chi connectivity index (χ2v) is 7.00. The van der Waals surface area contributed by atoms with Crippen LogP contribution < -0.4 is 5.32 Å². The molecular formula is C17H23N5OS. The Morgan fingerprint density at radius 2 is 2.42 bits per heavy atom. The molecule has 0 aromatic carbocycles. The monoisotopic (exact) mass is 345 g/mol. The number of hydrogen-bond acceptors (Lipinski definition) is 5. The zero-order valence-electron chi connectivity index (χ0n) is 14.1. The molecule has 0 unspecified atom stereocenters. The molecule has 1 saturated heterocycles. The van der Waals surface area contributed by atoms with E-state index in [4.69, 9.17) is 0 Å². The summed E-state index contributed by atoms with van der Waals surface area (Å²) < 4.78 is 0. The van der Waals surface area contributed by atoms with Crippen LogP contribution in [-0.2, 0) is 6.54 Å². The SMILES string of the molecule is CN(C[C@@H]1CCN(C)[C@H]1c1cccnc1)C(=O)NCc1cscn1. The van der Waals surface area contributed by atoms with Crippen LogP contribution in [0.4, 0.5) is 4.79 Å². The number of carbonyl (C=O) groups excluding carboxylic acids is 1. The van der Waals surface area contributed by atoms with Crippen LogP contribution in [0.2, 0.25) is 0 Å². The summed E-state index contributed by atoms with van der Waals surface area (Å²) in [5, 5.41) is 4.88. The lowest BCUT2D eigenvalue weighted by atomic mass is 9.94. The summed E-state index contributed by atoms with van der Waals surface area (Å²) in [7, 11) is 4.00. The molecule has 0 spiro atoms. The molecule has 2 aromatic heterocycles. The van der Waals surface area contributed by atoms with E-state index in [0.717, 1.165) is 25.2 Å². The summed E-state index contributed by atoms with van der Waals surface area (Å²) in [6.45, 7) is 2.24. The van der Waals surface area contributed by atoms with Crippen molar-refractivity contribution in [3.8, 4) is 0 Å². The number of nitrogens with one attached hydrogen (secondary N) is 1. The average Bonchev–Trinajstić information content (AvgIpc) is 3.23. The number of amides is 2. The number of thiazole rings is 1. The normalized spacial score (nSPS) is 20.9. The maximum Gasteiger partial charge on any atom is 0.317 e. The predicted octanol–water partition coefficient (Wildman–Crippen LogP) is 2.37. The van der Waals surface area contributed by atoms with Gasteiger partial charge in [0, 0.05) is 37.4 Å². The maximum atomic E-state index is 12.3. The molecule has 7 heteroatoms. The molecule has 1 aliphatic heterocycles. The molecule has 1 fully saturated rings. The minimum atomic E-state index is -0.0533. The van der Waals surface area contributed by atoms with Crippen molar-refractivity contribution in [3.63, 3.8) is 0 Å². The van der Waals surface area contributed by atoms with Gasteiger partial charge in [0.15, 0.2) is 0 Å². The fourth-order valence-corrected chi connectivity index (χ4v) is 3.91. The van der Waals surface area contributed by atoms with Crippen molar-refractivity contribution in [2.45, 2.75) is 19.0 Å². The van der Waals surface area contributed by atoms with Crippen LogP contribution in [0.5, 0.6) is 0 Å². The van der Waals surface area contributed by atoms with Gasteiger partial charge in [0.1, 0.15) is 0 Å². The fraction of sp³-hybridized carbons (Fsp3) is 0.471. The number of nitrogens with zero attached hydrogens (tertiary/aromatic N) is 4. The highest BCUT2D eigenvalue weighted by molar-refractivity contribution is 7.07. The van der Waals surface area contributed by atoms with Crippen molar-refractivity contribution < 1.29 is 4.79 Å². The van der Waals surface area contributed by atoms with E-state index in [1.807, 2.05) is 24.7 Å². The molecule has 24 heavy (non-hydrogen) atoms. The average molecular weight is 345 g/mol. The third-order valence-corrected chi connectivity index (χ3v) is 5.19. The molecule has 2 atom stereocenters. The first kappa shape index (κ1) is 16.9. The number of carbonyl (C=O) groups is 1. The van der Waals surface area contributed by atoms with Crippen LogP contribution in [0.15, 0.2) is 35.4 Å². The van der Waals surface area contributed by atoms with Crippen LogP contribution in [-0.4, -0.2) is 53.0 Å². The fourth-order valence-electron chi connectivity index (χ4n) is 3.36. The van der Waals surface area contributed by atoms with Gasteiger partial charge in [-0.1, -0.05) is 6.07 Å². The van der Waals surface area contributed by atoms with Crippen molar-refractivity contribution in [2.24, 2.45) is 5.92 Å². The van der Waals surface area contributed by atoms with E-state index in [9.17, 15) is 4.79 Å². The lowest BCUT2D eigenvalue weighted by Gasteiger charge is -2.28. The summed E-state index contributed by atoms with van der Waals surface area (Å²) in [6, 6.07) is 4.35. The second kappa shape index (κ2) is 7.72. The Morgan fingerprint density at radius 1 is 1.54 bits per heavy atom. The van der Waals surface area contributed by atoms with E-state index in [1.54, 1.807) is 16.6 Å². The summed E-state index contributed by atoms with van der Waals surface area (Å²) >= 11 is 1.54. The van der Waals surface area contributed by atoms with E-state index in [0.29, 0.717) is 18.5 Å². The Labute approximate surface area is 146 Å². The van der Waals surface area contributed by atoms with Gasteiger partial charge in [-0.15, -0.1) is 11.3 Å². The van der Waals surface area contributed by atoms with Gasteiger partial charge in [-0.25, -0.2) is 9.78 Å². The van der Waals surface area contributed by atoms with E-state index in [1.165, 1.54) is 16.9 Å². The van der Waals surface area contributed by atoms with Gasteiger partial charge in [-0.05, 0) is 37.6 Å². The largest absolute Gasteiger partial charge is 0.332 e. The second-order valence-electron chi connectivity index (χ2n) is 6.28. The number of hydrogen-bond donors (Lipinski definition) is 1. The third kappa shape index (κ3) is 3.91. The van der Waals surface area contributed by atoms with E-state index in [-0.39, 0.29) is 6.03 Å². The van der Waals surface area contributed by atoms with Crippen LogP contribution in [0.3, 0.4) is 0 Å². The number of aromatic nitrogens is 2. The third-order valence-electron chi connectivity index (χ3n) is 4.56. The van der Waals surface area contributed by atoms with Crippen molar-refractivity contribution in [2.75, 3.05) is 27.2 Å². The van der Waals surface area contributed by atoms with Gasteiger partial charge < -0.3 is 10.2 Å². The number of rotatable bonds is 5. The maximum absolute atomic E-state index is 12.3. The highest BCUT2D eigenvalue weighted by Crippen LogP contribution is 2.36. The van der Waals surface area contributed by atoms with Gasteiger partial charge in [0.05, 0.1) is 17.7 Å². The first-order chi connectivity index (χ1) is 11.6. The standard InChI is InChI=1S/C17H23N5OS/c1-21-7-5-14(16(21)13-4-3-6-18-8-13)10-22(2)17(23)19-9-15-11-24-12-20-15/h3-4,6,8,11-12,14,16H,5,7,9-10H2,1-2H3,(H,19,23)/t14-,16-/m0/s1. The molecule has 3 rings (SSSR count). The smallest absolute Gasteiger partial charge is 0.317 e. The molecule has 0 aliphatic carbocycles. The Morgan fingerprint density at radius 3 is 3.12 bits per heavy atom. The molecule has 0 radical (unpaired) electrons. The number of urea groups is 1. The minimum absolute atomic E-state index is 0.0533. The van der Waals surface area contributed by atoms with E-state index in [2.05, 4.69) is 33.3 Å². The molecule has 1 N–H and O–H groups in total. The summed E-state index contributed by atoms with van der Waals surface area (Å²) in [5.41, 5.74) is 3.90. The van der Waals surface area contributed by atoms with E-state index >= 15 is 0 Å². The Balaban J connectivity index is 1.58. The van der Waals surface area contributed by atoms with Crippen LogP contribution in [0.25, 0.3) is 0 Å². The van der Waals surface area contributed by atoms with Gasteiger partial charge in [0.2, 0.25) is 0 Å². The highest BCUT2D eigenvalue weighted by Gasteiger charge is 2.34. The molecule has 2 aromatic rings. The summed E-state index contributed by atoms with van der Waals surface area (Å²) in [5.74, 6) is 0.411. The number of pyridine rings is 1. The lowest BCUT2D eigenvalue weighted by molar-refractivity contribution is 0.189. The topological polar surface area (TPSA) is 61.4 Å². The van der Waals surface area contributed by atoms with Crippen LogP contribution in [0.1, 0.15) is 23.7 Å². The van der Waals surface area contributed by atoms with Gasteiger partial charge >= 0.3 is 6.03 Å². The molecule has 0 saturated carbocycles.